The van der Waals surface area contributed by atoms with Crippen LogP contribution in [0, 0.1) is 10.1 Å². The van der Waals surface area contributed by atoms with E-state index in [0.29, 0.717) is 33.1 Å². The molecule has 0 amide bonds. The van der Waals surface area contributed by atoms with Crippen molar-refractivity contribution in [1.29, 1.82) is 0 Å². The van der Waals surface area contributed by atoms with Gasteiger partial charge in [0.2, 0.25) is 0 Å². The molecule has 1 aliphatic rings. The molecular formula is C34H26ClN3O8S. The molecule has 0 spiro atoms. The second kappa shape index (κ2) is 13.1. The third-order valence-corrected chi connectivity index (χ3v) is 8.64. The van der Waals surface area contributed by atoms with Crippen LogP contribution in [0.2, 0.25) is 5.02 Å². The largest absolute Gasteiger partial charge is 0.493 e. The third kappa shape index (κ3) is 5.96. The molecule has 238 valence electrons. The van der Waals surface area contributed by atoms with Crippen molar-refractivity contribution in [3.63, 3.8) is 0 Å². The van der Waals surface area contributed by atoms with Crippen LogP contribution in [-0.4, -0.2) is 36.3 Å². The highest BCUT2D eigenvalue weighted by Gasteiger charge is 2.35. The monoisotopic (exact) mass is 671 g/mol. The third-order valence-electron chi connectivity index (χ3n) is 7.42. The average molecular weight is 672 g/mol. The molecule has 1 aliphatic heterocycles. The first-order valence-electron chi connectivity index (χ1n) is 14.3. The van der Waals surface area contributed by atoms with Gasteiger partial charge in [0.05, 0.1) is 53.2 Å². The zero-order chi connectivity index (χ0) is 33.2. The SMILES string of the molecule is CCOC(=O)C1=C(c2ccccc2)N=c2s/c(=C\c3ccc(-c4ccc(Cl)cc4[N+](=O)[O-])o3)c(=O)n2[C@@H]1c1ccc(OC)c(OC)c1. The van der Waals surface area contributed by atoms with Gasteiger partial charge in [0, 0.05) is 22.7 Å². The number of esters is 1. The molecule has 0 saturated carbocycles. The van der Waals surface area contributed by atoms with Gasteiger partial charge in [-0.05, 0) is 48.9 Å². The highest BCUT2D eigenvalue weighted by Crippen LogP contribution is 2.39. The van der Waals surface area contributed by atoms with E-state index < -0.39 is 22.5 Å². The van der Waals surface area contributed by atoms with E-state index in [4.69, 9.17) is 35.2 Å². The summed E-state index contributed by atoms with van der Waals surface area (Å²) in [5, 5.41) is 11.9. The minimum atomic E-state index is -0.939. The number of aromatic nitrogens is 1. The Morgan fingerprint density at radius 1 is 1.06 bits per heavy atom. The van der Waals surface area contributed by atoms with Gasteiger partial charge in [-0.1, -0.05) is 59.3 Å². The van der Waals surface area contributed by atoms with Crippen molar-refractivity contribution >= 4 is 46.4 Å². The van der Waals surface area contributed by atoms with Gasteiger partial charge in [-0.2, -0.15) is 0 Å². The summed E-state index contributed by atoms with van der Waals surface area (Å²) >= 11 is 7.10. The summed E-state index contributed by atoms with van der Waals surface area (Å²) in [6.45, 7) is 1.82. The molecule has 0 fully saturated rings. The average Bonchev–Trinajstić information content (AvgIpc) is 3.67. The van der Waals surface area contributed by atoms with Crippen LogP contribution in [0.1, 0.15) is 29.9 Å². The number of fused-ring (bicyclic) bond motifs is 1. The summed E-state index contributed by atoms with van der Waals surface area (Å²) < 4.78 is 24.2. The Balaban J connectivity index is 1.57. The number of thiazole rings is 1. The van der Waals surface area contributed by atoms with Crippen LogP contribution >= 0.6 is 22.9 Å². The van der Waals surface area contributed by atoms with E-state index in [0.717, 1.165) is 11.3 Å². The minimum absolute atomic E-state index is 0.111. The first kappa shape index (κ1) is 31.5. The van der Waals surface area contributed by atoms with Crippen molar-refractivity contribution in [3.05, 3.63) is 136 Å². The fourth-order valence-corrected chi connectivity index (χ4v) is 6.49. The molecule has 0 aliphatic carbocycles. The van der Waals surface area contributed by atoms with Gasteiger partial charge < -0.3 is 18.6 Å². The molecule has 0 radical (unpaired) electrons. The number of rotatable bonds is 9. The number of benzene rings is 3. The summed E-state index contributed by atoms with van der Waals surface area (Å²) in [5.41, 5.74) is 1.37. The molecule has 6 rings (SSSR count). The fourth-order valence-electron chi connectivity index (χ4n) is 5.35. The Kier molecular flexibility index (Phi) is 8.79. The number of nitro benzene ring substituents is 1. The van der Waals surface area contributed by atoms with Crippen LogP contribution in [0.3, 0.4) is 0 Å². The molecule has 0 unspecified atom stereocenters. The maximum atomic E-state index is 14.2. The Hall–Kier alpha value is -5.46. The van der Waals surface area contributed by atoms with Gasteiger partial charge in [-0.25, -0.2) is 9.79 Å². The molecular weight excluding hydrogens is 646 g/mol. The van der Waals surface area contributed by atoms with Crippen molar-refractivity contribution in [2.45, 2.75) is 13.0 Å². The molecule has 3 heterocycles. The second-order valence-electron chi connectivity index (χ2n) is 10.2. The van der Waals surface area contributed by atoms with E-state index in [9.17, 15) is 19.7 Å². The summed E-state index contributed by atoms with van der Waals surface area (Å²) in [6.07, 6.45) is 1.54. The van der Waals surface area contributed by atoms with Crippen LogP contribution in [0.4, 0.5) is 5.69 Å². The molecule has 0 bridgehead atoms. The normalized spacial score (nSPS) is 14.4. The molecule has 11 nitrogen and oxygen atoms in total. The lowest BCUT2D eigenvalue weighted by Gasteiger charge is -2.26. The molecule has 2 aromatic heterocycles. The predicted molar refractivity (Wildman–Crippen MR) is 176 cm³/mol. The number of hydrogen-bond donors (Lipinski definition) is 0. The van der Waals surface area contributed by atoms with Gasteiger partial charge in [-0.3, -0.25) is 19.5 Å². The molecule has 1 atom stereocenters. The van der Waals surface area contributed by atoms with Crippen LogP contribution in [0.5, 0.6) is 11.5 Å². The van der Waals surface area contributed by atoms with E-state index in [1.807, 2.05) is 30.3 Å². The number of nitro groups is 1. The van der Waals surface area contributed by atoms with Crippen LogP contribution in [-0.2, 0) is 9.53 Å². The van der Waals surface area contributed by atoms with Crippen LogP contribution < -0.4 is 24.4 Å². The maximum absolute atomic E-state index is 14.2. The van der Waals surface area contributed by atoms with Crippen molar-refractivity contribution < 1.29 is 28.3 Å². The predicted octanol–water partition coefficient (Wildman–Crippen LogP) is 5.77. The molecule has 13 heteroatoms. The first-order valence-corrected chi connectivity index (χ1v) is 15.5. The number of ether oxygens (including phenoxy) is 3. The smallest absolute Gasteiger partial charge is 0.338 e. The molecule has 3 aromatic carbocycles. The summed E-state index contributed by atoms with van der Waals surface area (Å²) in [5.74, 6) is 0.775. The van der Waals surface area contributed by atoms with Crippen molar-refractivity contribution in [2.24, 2.45) is 4.99 Å². The standard InChI is InChI=1S/C34H26ClN3O8S/c1-4-45-33(40)29-30(19-8-6-5-7-9-19)36-34-37(31(29)20-10-14-26(43-2)27(16-20)44-3)32(39)28(47-34)18-22-12-15-25(46-22)23-13-11-21(35)17-24(23)38(41)42/h5-18,31H,4H2,1-3H3/b28-18-/t31-/m1/s1. The van der Waals surface area contributed by atoms with Gasteiger partial charge in [0.25, 0.3) is 11.2 Å². The zero-order valence-electron chi connectivity index (χ0n) is 25.3. The summed E-state index contributed by atoms with van der Waals surface area (Å²) in [7, 11) is 3.02. The van der Waals surface area contributed by atoms with Gasteiger partial charge in [-0.15, -0.1) is 0 Å². The lowest BCUT2D eigenvalue weighted by molar-refractivity contribution is -0.384. The van der Waals surface area contributed by atoms with E-state index >= 15 is 0 Å². The van der Waals surface area contributed by atoms with Crippen molar-refractivity contribution in [3.8, 4) is 22.8 Å². The number of furan rings is 1. The zero-order valence-corrected chi connectivity index (χ0v) is 26.8. The second-order valence-corrected chi connectivity index (χ2v) is 11.6. The quantitative estimate of drug-likeness (QED) is 0.109. The van der Waals surface area contributed by atoms with E-state index in [1.54, 1.807) is 37.3 Å². The number of carbonyl (C=O) groups excluding carboxylic acids is 1. The Bertz CT molecular complexity index is 2240. The van der Waals surface area contributed by atoms with E-state index in [2.05, 4.69) is 0 Å². The van der Waals surface area contributed by atoms with E-state index in [-0.39, 0.29) is 44.5 Å². The Morgan fingerprint density at radius 2 is 1.83 bits per heavy atom. The number of nitrogens with zero attached hydrogens (tertiary/aromatic N) is 3. The Labute approximate surface area is 276 Å². The topological polar surface area (TPSA) is 135 Å². The van der Waals surface area contributed by atoms with Gasteiger partial charge in [0.1, 0.15) is 11.5 Å². The maximum Gasteiger partial charge on any atom is 0.338 e. The highest BCUT2D eigenvalue weighted by molar-refractivity contribution is 7.07. The van der Waals surface area contributed by atoms with E-state index in [1.165, 1.54) is 43.1 Å². The minimum Gasteiger partial charge on any atom is -0.493 e. The number of methoxy groups -OCH3 is 2. The molecule has 0 saturated heterocycles. The van der Waals surface area contributed by atoms with Crippen molar-refractivity contribution in [2.75, 3.05) is 20.8 Å². The number of carbonyl (C=O) groups is 1. The Morgan fingerprint density at radius 3 is 2.53 bits per heavy atom. The number of halogens is 1. The van der Waals surface area contributed by atoms with Gasteiger partial charge in [0.15, 0.2) is 16.3 Å². The molecule has 0 N–H and O–H groups in total. The highest BCUT2D eigenvalue weighted by atomic mass is 35.5. The summed E-state index contributed by atoms with van der Waals surface area (Å²) in [6, 6.07) is 20.9. The van der Waals surface area contributed by atoms with Crippen molar-refractivity contribution in [1.82, 2.24) is 4.57 Å². The fraction of sp³-hybridized carbons (Fsp3) is 0.147. The summed E-state index contributed by atoms with van der Waals surface area (Å²) in [4.78, 5) is 44.2. The van der Waals surface area contributed by atoms with Crippen LogP contribution in [0.25, 0.3) is 23.1 Å². The first-order chi connectivity index (χ1) is 22.7. The lowest BCUT2D eigenvalue weighted by Crippen LogP contribution is -2.40. The van der Waals surface area contributed by atoms with Crippen LogP contribution in [0.15, 0.2) is 98.6 Å². The lowest BCUT2D eigenvalue weighted by atomic mass is 9.93. The number of hydrogen-bond acceptors (Lipinski definition) is 10. The molecule has 5 aromatic rings. The molecule has 47 heavy (non-hydrogen) atoms. The van der Waals surface area contributed by atoms with Gasteiger partial charge >= 0.3 is 5.97 Å².